The predicted molar refractivity (Wildman–Crippen MR) is 74.2 cm³/mol. The van der Waals surface area contributed by atoms with E-state index in [9.17, 15) is 0 Å². The van der Waals surface area contributed by atoms with Crippen LogP contribution < -0.4 is 10.6 Å². The number of furan rings is 1. The Morgan fingerprint density at radius 3 is 2.72 bits per heavy atom. The van der Waals surface area contributed by atoms with Gasteiger partial charge >= 0.3 is 0 Å². The van der Waals surface area contributed by atoms with Gasteiger partial charge in [0.1, 0.15) is 17.4 Å². The van der Waals surface area contributed by atoms with Crippen LogP contribution in [0.25, 0.3) is 0 Å². The highest BCUT2D eigenvalue weighted by Gasteiger charge is 2.13. The molecule has 0 saturated heterocycles. The van der Waals surface area contributed by atoms with Crippen LogP contribution in [-0.4, -0.2) is 12.0 Å². The number of rotatable bonds is 3. The van der Waals surface area contributed by atoms with Crippen LogP contribution in [0.5, 0.6) is 0 Å². The molecular formula is C12H13Cl2N3O. The molecule has 0 aromatic carbocycles. The highest BCUT2D eigenvalue weighted by atomic mass is 35.5. The van der Waals surface area contributed by atoms with Crippen LogP contribution in [0.2, 0.25) is 10.0 Å². The molecule has 0 saturated carbocycles. The van der Waals surface area contributed by atoms with E-state index in [1.54, 1.807) is 12.3 Å². The molecule has 0 unspecified atom stereocenters. The normalized spacial score (nSPS) is 10.7. The third-order valence-electron chi connectivity index (χ3n) is 2.67. The zero-order chi connectivity index (χ0) is 13.3. The Morgan fingerprint density at radius 1 is 1.39 bits per heavy atom. The molecule has 0 aliphatic heterocycles. The summed E-state index contributed by atoms with van der Waals surface area (Å²) in [5.74, 6) is 1.74. The van der Waals surface area contributed by atoms with Crippen LogP contribution in [0.15, 0.2) is 22.8 Å². The summed E-state index contributed by atoms with van der Waals surface area (Å²) in [6.07, 6.45) is 1.66. The van der Waals surface area contributed by atoms with Gasteiger partial charge < -0.3 is 15.1 Å². The van der Waals surface area contributed by atoms with Crippen molar-refractivity contribution < 1.29 is 4.42 Å². The molecule has 0 amide bonds. The Balaban J connectivity index is 2.26. The van der Waals surface area contributed by atoms with E-state index in [1.165, 1.54) is 0 Å². The van der Waals surface area contributed by atoms with Gasteiger partial charge in [0.25, 0.3) is 0 Å². The molecular weight excluding hydrogens is 273 g/mol. The van der Waals surface area contributed by atoms with E-state index in [1.807, 2.05) is 24.9 Å². The fourth-order valence-electron chi connectivity index (χ4n) is 1.64. The van der Waals surface area contributed by atoms with E-state index in [-0.39, 0.29) is 5.82 Å². The summed E-state index contributed by atoms with van der Waals surface area (Å²) in [7, 11) is 1.88. The van der Waals surface area contributed by atoms with Crippen LogP contribution in [0, 0.1) is 6.92 Å². The Hall–Kier alpha value is -1.39. The van der Waals surface area contributed by atoms with Gasteiger partial charge in [-0.15, -0.1) is 0 Å². The number of hydrogen-bond donors (Lipinski definition) is 1. The molecule has 0 aliphatic carbocycles. The molecule has 0 fully saturated rings. The second-order valence-corrected chi connectivity index (χ2v) is 4.83. The lowest BCUT2D eigenvalue weighted by Crippen LogP contribution is -2.18. The minimum absolute atomic E-state index is 0.270. The molecule has 2 heterocycles. The molecule has 0 radical (unpaired) electrons. The van der Waals surface area contributed by atoms with Gasteiger partial charge in [-0.05, 0) is 19.1 Å². The van der Waals surface area contributed by atoms with Crippen LogP contribution in [-0.2, 0) is 6.54 Å². The Labute approximate surface area is 115 Å². The molecule has 0 aliphatic rings. The molecule has 2 rings (SSSR count). The van der Waals surface area contributed by atoms with Gasteiger partial charge in [-0.25, -0.2) is 4.98 Å². The topological polar surface area (TPSA) is 55.3 Å². The molecule has 2 aromatic rings. The average Bonchev–Trinajstić information content (AvgIpc) is 2.69. The van der Waals surface area contributed by atoms with Crippen molar-refractivity contribution in [1.82, 2.24) is 4.98 Å². The van der Waals surface area contributed by atoms with Gasteiger partial charge in [-0.2, -0.15) is 0 Å². The van der Waals surface area contributed by atoms with Crippen molar-refractivity contribution >= 4 is 34.8 Å². The van der Waals surface area contributed by atoms with Crippen LogP contribution >= 0.6 is 23.2 Å². The lowest BCUT2D eigenvalue weighted by molar-refractivity contribution is 0.529. The fraction of sp³-hybridized carbons (Fsp3) is 0.250. The largest absolute Gasteiger partial charge is 0.469 e. The van der Waals surface area contributed by atoms with Gasteiger partial charge in [-0.1, -0.05) is 23.2 Å². The van der Waals surface area contributed by atoms with E-state index in [0.717, 1.165) is 11.3 Å². The summed E-state index contributed by atoms with van der Waals surface area (Å²) in [4.78, 5) is 6.09. The van der Waals surface area contributed by atoms with Crippen LogP contribution in [0.4, 0.5) is 11.6 Å². The summed E-state index contributed by atoms with van der Waals surface area (Å²) in [5, 5.41) is 0.828. The van der Waals surface area contributed by atoms with E-state index >= 15 is 0 Å². The summed E-state index contributed by atoms with van der Waals surface area (Å²) < 4.78 is 5.25. The van der Waals surface area contributed by atoms with Crippen LogP contribution in [0.1, 0.15) is 11.3 Å². The van der Waals surface area contributed by atoms with Gasteiger partial charge in [0.2, 0.25) is 0 Å². The molecule has 0 atom stereocenters. The number of hydrogen-bond acceptors (Lipinski definition) is 4. The number of nitrogens with two attached hydrogens (primary N) is 1. The highest BCUT2D eigenvalue weighted by molar-refractivity contribution is 6.37. The summed E-state index contributed by atoms with van der Waals surface area (Å²) >= 11 is 12.0. The average molecular weight is 286 g/mol. The van der Waals surface area contributed by atoms with Crippen molar-refractivity contribution in [1.29, 1.82) is 0 Å². The maximum Gasteiger partial charge on any atom is 0.149 e. The maximum atomic E-state index is 6.11. The smallest absolute Gasteiger partial charge is 0.149 e. The monoisotopic (exact) mass is 285 g/mol. The molecule has 2 aromatic heterocycles. The Bertz CT molecular complexity index is 568. The summed E-state index contributed by atoms with van der Waals surface area (Å²) in [6, 6.07) is 3.51. The van der Waals surface area contributed by atoms with E-state index < -0.39 is 0 Å². The quantitative estimate of drug-likeness (QED) is 0.938. The second-order valence-electron chi connectivity index (χ2n) is 4.02. The predicted octanol–water partition coefficient (Wildman–Crippen LogP) is 3.51. The Kier molecular flexibility index (Phi) is 3.68. The summed E-state index contributed by atoms with van der Waals surface area (Å²) in [5.41, 5.74) is 6.76. The highest BCUT2D eigenvalue weighted by Crippen LogP contribution is 2.30. The first-order valence-corrected chi connectivity index (χ1v) is 6.10. The summed E-state index contributed by atoms with van der Waals surface area (Å²) in [6.45, 7) is 2.55. The Morgan fingerprint density at radius 2 is 2.11 bits per heavy atom. The first-order valence-electron chi connectivity index (χ1n) is 5.34. The molecule has 0 bridgehead atoms. The van der Waals surface area contributed by atoms with Crippen LogP contribution in [0.3, 0.4) is 0 Å². The van der Waals surface area contributed by atoms with Gasteiger partial charge in [0, 0.05) is 19.2 Å². The number of aryl methyl sites for hydroxylation is 1. The SMILES string of the molecule is Cc1occc1CN(C)c1nc(N)c(Cl)cc1Cl. The number of aromatic nitrogens is 1. The number of pyridine rings is 1. The molecule has 2 N–H and O–H groups in total. The first kappa shape index (κ1) is 13.1. The standard InChI is InChI=1S/C12H13Cl2N3O/c1-7-8(3-4-18-7)6-17(2)12-10(14)5-9(13)11(15)16-12/h3-5H,6H2,1-2H3,(H2,15,16). The lowest BCUT2D eigenvalue weighted by Gasteiger charge is -2.19. The van der Waals surface area contributed by atoms with Crippen molar-refractivity contribution in [3.8, 4) is 0 Å². The molecule has 4 nitrogen and oxygen atoms in total. The van der Waals surface area contributed by atoms with Crippen molar-refractivity contribution in [2.75, 3.05) is 17.7 Å². The van der Waals surface area contributed by atoms with Crippen molar-refractivity contribution in [2.24, 2.45) is 0 Å². The molecule has 18 heavy (non-hydrogen) atoms. The minimum Gasteiger partial charge on any atom is -0.469 e. The van der Waals surface area contributed by atoms with E-state index in [2.05, 4.69) is 4.98 Å². The number of halogens is 2. The molecule has 0 spiro atoms. The zero-order valence-corrected chi connectivity index (χ0v) is 11.6. The van der Waals surface area contributed by atoms with Gasteiger partial charge in [-0.3, -0.25) is 0 Å². The van der Waals surface area contributed by atoms with Crippen molar-refractivity contribution in [3.05, 3.63) is 39.8 Å². The molecule has 96 valence electrons. The first-order chi connectivity index (χ1) is 8.49. The number of nitrogens with zero attached hydrogens (tertiary/aromatic N) is 2. The van der Waals surface area contributed by atoms with E-state index in [4.69, 9.17) is 33.4 Å². The molecule has 6 heteroatoms. The lowest BCUT2D eigenvalue weighted by atomic mass is 10.2. The maximum absolute atomic E-state index is 6.11. The van der Waals surface area contributed by atoms with E-state index in [0.29, 0.717) is 22.4 Å². The minimum atomic E-state index is 0.270. The zero-order valence-electron chi connectivity index (χ0n) is 10.1. The van der Waals surface area contributed by atoms with Gasteiger partial charge in [0.15, 0.2) is 0 Å². The fourth-order valence-corrected chi connectivity index (χ4v) is 2.15. The van der Waals surface area contributed by atoms with Gasteiger partial charge in [0.05, 0.1) is 16.3 Å². The number of nitrogen functional groups attached to an aromatic ring is 1. The third kappa shape index (κ3) is 2.54. The third-order valence-corrected chi connectivity index (χ3v) is 3.25. The second kappa shape index (κ2) is 5.08. The van der Waals surface area contributed by atoms with Crippen molar-refractivity contribution in [2.45, 2.75) is 13.5 Å². The van der Waals surface area contributed by atoms with Crippen molar-refractivity contribution in [3.63, 3.8) is 0 Å². The number of anilines is 2.